The molecule has 0 aliphatic heterocycles. The van der Waals surface area contributed by atoms with Crippen LogP contribution in [0.1, 0.15) is 10.4 Å². The van der Waals surface area contributed by atoms with Gasteiger partial charge in [0.15, 0.2) is 6.61 Å². The molecule has 0 saturated carbocycles. The lowest BCUT2D eigenvalue weighted by molar-refractivity contribution is -0.155. The molecule has 2 aromatic rings. The molecular formula is C11H9F4N3O2. The molecule has 9 heteroatoms. The zero-order valence-electron chi connectivity index (χ0n) is 10.2. The number of hydrogen-bond acceptors (Lipinski definition) is 4. The molecule has 1 aromatic heterocycles. The quantitative estimate of drug-likeness (QED) is 0.639. The first-order chi connectivity index (χ1) is 9.31. The molecule has 0 N–H and O–H groups in total. The Morgan fingerprint density at radius 2 is 2.15 bits per heavy atom. The fraction of sp³-hybridized carbons (Fsp3) is 0.364. The minimum Gasteiger partial charge on any atom is -0.455 e. The maximum atomic E-state index is 12.6. The molecule has 0 amide bonds. The summed E-state index contributed by atoms with van der Waals surface area (Å²) in [5, 5.41) is 7.44. The van der Waals surface area contributed by atoms with Crippen LogP contribution >= 0.6 is 0 Å². The van der Waals surface area contributed by atoms with Crippen molar-refractivity contribution in [3.8, 4) is 0 Å². The Kier molecular flexibility index (Phi) is 3.60. The molecule has 20 heavy (non-hydrogen) atoms. The number of esters is 1. The molecule has 0 spiro atoms. The maximum absolute atomic E-state index is 12.6. The number of alkyl halides is 4. The van der Waals surface area contributed by atoms with Gasteiger partial charge >= 0.3 is 18.3 Å². The smallest absolute Gasteiger partial charge is 0.340 e. The van der Waals surface area contributed by atoms with Gasteiger partial charge in [-0.3, -0.25) is 0 Å². The summed E-state index contributed by atoms with van der Waals surface area (Å²) in [7, 11) is 1.64. The number of halogens is 4. The van der Waals surface area contributed by atoms with Gasteiger partial charge in [0.2, 0.25) is 0 Å². The minimum atomic E-state index is -4.37. The number of aryl methyl sites for hydroxylation is 1. The molecule has 0 aliphatic rings. The van der Waals surface area contributed by atoms with Gasteiger partial charge < -0.3 is 4.74 Å². The van der Waals surface area contributed by atoms with Crippen LogP contribution in [0.15, 0.2) is 18.2 Å². The number of carbonyl (C=O) groups is 1. The molecule has 0 saturated heterocycles. The molecule has 0 fully saturated rings. The largest absolute Gasteiger partial charge is 0.455 e. The van der Waals surface area contributed by atoms with Crippen molar-refractivity contribution in [2.24, 2.45) is 7.05 Å². The number of aromatic nitrogens is 3. The fourth-order valence-corrected chi connectivity index (χ4v) is 1.48. The minimum absolute atomic E-state index is 0.0666. The first-order valence-corrected chi connectivity index (χ1v) is 5.44. The standard InChI is InChI=1S/C11H9F4N3O2/c1-18-8-3-2-6(4-7(8)16-17-18)9(19)20-5-11(14,15)10(12)13/h2-4,10H,5H2,1H3. The van der Waals surface area contributed by atoms with E-state index in [1.807, 2.05) is 0 Å². The molecule has 5 nitrogen and oxygen atoms in total. The number of benzene rings is 1. The highest BCUT2D eigenvalue weighted by atomic mass is 19.3. The van der Waals surface area contributed by atoms with E-state index in [2.05, 4.69) is 15.0 Å². The molecule has 2 rings (SSSR count). The van der Waals surface area contributed by atoms with Crippen LogP contribution in [0.2, 0.25) is 0 Å². The number of nitrogens with zero attached hydrogens (tertiary/aromatic N) is 3. The van der Waals surface area contributed by atoms with Crippen molar-refractivity contribution in [2.75, 3.05) is 6.61 Å². The topological polar surface area (TPSA) is 57.0 Å². The summed E-state index contributed by atoms with van der Waals surface area (Å²) >= 11 is 0. The van der Waals surface area contributed by atoms with Gasteiger partial charge in [-0.1, -0.05) is 5.21 Å². The Hall–Kier alpha value is -2.19. The second-order valence-electron chi connectivity index (χ2n) is 4.05. The van der Waals surface area contributed by atoms with Gasteiger partial charge in [0.1, 0.15) is 5.52 Å². The van der Waals surface area contributed by atoms with Crippen LogP contribution in [-0.4, -0.2) is 39.9 Å². The van der Waals surface area contributed by atoms with Crippen LogP contribution in [0, 0.1) is 0 Å². The summed E-state index contributed by atoms with van der Waals surface area (Å²) < 4.78 is 54.7. The van der Waals surface area contributed by atoms with Gasteiger partial charge in [-0.2, -0.15) is 8.78 Å². The van der Waals surface area contributed by atoms with Crippen LogP contribution in [0.5, 0.6) is 0 Å². The summed E-state index contributed by atoms with van der Waals surface area (Å²) in [6.07, 6.45) is -3.89. The normalized spacial score (nSPS) is 12.1. The zero-order valence-corrected chi connectivity index (χ0v) is 10.2. The van der Waals surface area contributed by atoms with Gasteiger partial charge in [-0.25, -0.2) is 18.3 Å². The predicted molar refractivity (Wildman–Crippen MR) is 59.7 cm³/mol. The van der Waals surface area contributed by atoms with E-state index in [1.54, 1.807) is 7.05 Å². The van der Waals surface area contributed by atoms with Crippen molar-refractivity contribution in [1.82, 2.24) is 15.0 Å². The van der Waals surface area contributed by atoms with Crippen molar-refractivity contribution in [2.45, 2.75) is 12.3 Å². The fourth-order valence-electron chi connectivity index (χ4n) is 1.48. The Morgan fingerprint density at radius 1 is 1.45 bits per heavy atom. The second kappa shape index (κ2) is 5.06. The van der Waals surface area contributed by atoms with Gasteiger partial charge in [-0.15, -0.1) is 5.10 Å². The van der Waals surface area contributed by atoms with Crippen LogP contribution in [0.25, 0.3) is 11.0 Å². The third-order valence-corrected chi connectivity index (χ3v) is 2.56. The third-order valence-electron chi connectivity index (χ3n) is 2.56. The van der Waals surface area contributed by atoms with E-state index < -0.39 is 24.9 Å². The lowest BCUT2D eigenvalue weighted by Gasteiger charge is -2.14. The van der Waals surface area contributed by atoms with Gasteiger partial charge in [-0.05, 0) is 18.2 Å². The first kappa shape index (κ1) is 14.2. The van der Waals surface area contributed by atoms with Gasteiger partial charge in [0, 0.05) is 7.05 Å². The number of ether oxygens (including phenoxy) is 1. The first-order valence-electron chi connectivity index (χ1n) is 5.44. The number of carbonyl (C=O) groups excluding carboxylic acids is 1. The van der Waals surface area contributed by atoms with Crippen LogP contribution in [0.3, 0.4) is 0 Å². The summed E-state index contributed by atoms with van der Waals surface area (Å²) in [6, 6.07) is 4.09. The highest BCUT2D eigenvalue weighted by Gasteiger charge is 2.42. The number of rotatable bonds is 4. The summed E-state index contributed by atoms with van der Waals surface area (Å²) in [4.78, 5) is 11.5. The Bertz CT molecular complexity index is 642. The van der Waals surface area contributed by atoms with E-state index in [-0.39, 0.29) is 5.56 Å². The van der Waals surface area contributed by atoms with Crippen LogP contribution in [0.4, 0.5) is 17.6 Å². The Morgan fingerprint density at radius 3 is 2.80 bits per heavy atom. The monoisotopic (exact) mass is 291 g/mol. The Labute approximate surface area is 110 Å². The Balaban J connectivity index is 2.12. The molecular weight excluding hydrogens is 282 g/mol. The molecule has 0 atom stereocenters. The molecule has 1 heterocycles. The molecule has 0 aliphatic carbocycles. The van der Waals surface area contributed by atoms with E-state index in [0.717, 1.165) is 0 Å². The molecule has 0 unspecified atom stereocenters. The van der Waals surface area contributed by atoms with Gasteiger partial charge in [0.05, 0.1) is 11.1 Å². The maximum Gasteiger partial charge on any atom is 0.340 e. The highest BCUT2D eigenvalue weighted by molar-refractivity contribution is 5.93. The van der Waals surface area contributed by atoms with Crippen molar-refractivity contribution < 1.29 is 27.1 Å². The predicted octanol–water partition coefficient (Wildman–Crippen LogP) is 2.03. The zero-order chi connectivity index (χ0) is 14.9. The van der Waals surface area contributed by atoms with E-state index in [4.69, 9.17) is 0 Å². The van der Waals surface area contributed by atoms with E-state index in [9.17, 15) is 22.4 Å². The summed E-state index contributed by atoms with van der Waals surface area (Å²) in [5.74, 6) is -5.50. The second-order valence-corrected chi connectivity index (χ2v) is 4.05. The third kappa shape index (κ3) is 2.70. The molecule has 1 aromatic carbocycles. The van der Waals surface area contributed by atoms with Crippen molar-refractivity contribution in [3.63, 3.8) is 0 Å². The average Bonchev–Trinajstić information content (AvgIpc) is 2.77. The average molecular weight is 291 g/mol. The van der Waals surface area contributed by atoms with Crippen molar-refractivity contribution in [1.29, 1.82) is 0 Å². The molecule has 108 valence electrons. The highest BCUT2D eigenvalue weighted by Crippen LogP contribution is 2.23. The van der Waals surface area contributed by atoms with Crippen molar-refractivity contribution >= 4 is 17.0 Å². The lowest BCUT2D eigenvalue weighted by Crippen LogP contribution is -2.33. The SMILES string of the molecule is Cn1nnc2cc(C(=O)OCC(F)(F)C(F)F)ccc21. The van der Waals surface area contributed by atoms with Crippen LogP contribution in [-0.2, 0) is 11.8 Å². The number of fused-ring (bicyclic) bond motifs is 1. The lowest BCUT2D eigenvalue weighted by atomic mass is 10.2. The summed E-state index contributed by atoms with van der Waals surface area (Å²) in [6.45, 7) is -1.68. The molecule has 0 bridgehead atoms. The van der Waals surface area contributed by atoms with E-state index >= 15 is 0 Å². The summed E-state index contributed by atoms with van der Waals surface area (Å²) in [5.41, 5.74) is 0.921. The molecule has 0 radical (unpaired) electrons. The van der Waals surface area contributed by atoms with E-state index in [1.165, 1.54) is 22.9 Å². The van der Waals surface area contributed by atoms with Crippen LogP contribution < -0.4 is 0 Å². The van der Waals surface area contributed by atoms with Crippen molar-refractivity contribution in [3.05, 3.63) is 23.8 Å². The van der Waals surface area contributed by atoms with E-state index in [0.29, 0.717) is 11.0 Å². The number of hydrogen-bond donors (Lipinski definition) is 0. The van der Waals surface area contributed by atoms with Gasteiger partial charge in [0.25, 0.3) is 0 Å².